The number of aromatic nitrogens is 3. The largest absolute Gasteiger partial charge is 0.366 e. The summed E-state index contributed by atoms with van der Waals surface area (Å²) in [6.07, 6.45) is 8.36. The first kappa shape index (κ1) is 10.8. The predicted octanol–water partition coefficient (Wildman–Crippen LogP) is 2.69. The Morgan fingerprint density at radius 1 is 1.29 bits per heavy atom. The number of nitrogens with zero attached hydrogens (tertiary/aromatic N) is 3. The van der Waals surface area contributed by atoms with Crippen LogP contribution in [0.5, 0.6) is 0 Å². The van der Waals surface area contributed by atoms with Crippen molar-refractivity contribution in [1.29, 1.82) is 0 Å². The first-order chi connectivity index (χ1) is 8.33. The van der Waals surface area contributed by atoms with E-state index in [0.29, 0.717) is 6.04 Å². The highest BCUT2D eigenvalue weighted by molar-refractivity contribution is 6.21. The molecule has 2 unspecified atom stereocenters. The van der Waals surface area contributed by atoms with Gasteiger partial charge >= 0.3 is 0 Å². The molecule has 2 aromatic heterocycles. The predicted molar refractivity (Wildman–Crippen MR) is 68.5 cm³/mol. The van der Waals surface area contributed by atoms with Crippen molar-refractivity contribution in [2.24, 2.45) is 0 Å². The van der Waals surface area contributed by atoms with E-state index in [1.165, 1.54) is 12.8 Å². The number of anilines is 1. The number of nitrogens with one attached hydrogen (secondary N) is 1. The maximum atomic E-state index is 6.32. The highest BCUT2D eigenvalue weighted by Crippen LogP contribution is 2.25. The smallest absolute Gasteiger partial charge is 0.157 e. The maximum Gasteiger partial charge on any atom is 0.157 e. The molecule has 0 bridgehead atoms. The second-order valence-electron chi connectivity index (χ2n) is 4.50. The lowest BCUT2D eigenvalue weighted by molar-refractivity contribution is 0.468. The molecule has 1 aliphatic carbocycles. The van der Waals surface area contributed by atoms with Gasteiger partial charge in [-0.05, 0) is 18.9 Å². The molecule has 0 amide bonds. The summed E-state index contributed by atoms with van der Waals surface area (Å²) in [5.41, 5.74) is 0.858. The van der Waals surface area contributed by atoms with E-state index in [1.807, 2.05) is 18.3 Å². The van der Waals surface area contributed by atoms with Crippen LogP contribution in [0.4, 0.5) is 5.82 Å². The van der Waals surface area contributed by atoms with Crippen LogP contribution in [-0.2, 0) is 0 Å². The van der Waals surface area contributed by atoms with Gasteiger partial charge in [-0.1, -0.05) is 12.8 Å². The molecule has 2 heterocycles. The SMILES string of the molecule is ClC1CCCCC1Nc1ccn2nccc2n1. The number of alkyl halides is 1. The number of halogens is 1. The van der Waals surface area contributed by atoms with Crippen LogP contribution in [0.1, 0.15) is 25.7 Å². The fourth-order valence-corrected chi connectivity index (χ4v) is 2.67. The average molecular weight is 251 g/mol. The molecule has 0 saturated heterocycles. The minimum Gasteiger partial charge on any atom is -0.366 e. The minimum atomic E-state index is 0.215. The van der Waals surface area contributed by atoms with Crippen LogP contribution in [0, 0.1) is 0 Å². The Bertz CT molecular complexity index is 510. The molecule has 1 N–H and O–H groups in total. The lowest BCUT2D eigenvalue weighted by Crippen LogP contribution is -2.33. The van der Waals surface area contributed by atoms with Crippen LogP contribution in [0.2, 0.25) is 0 Å². The standard InChI is InChI=1S/C12H15ClN4/c13-9-3-1-2-4-10(9)15-11-6-8-17-12(16-11)5-7-14-17/h5-10H,1-4H2,(H,15,16). The van der Waals surface area contributed by atoms with Crippen molar-refractivity contribution in [3.05, 3.63) is 24.5 Å². The van der Waals surface area contributed by atoms with Crippen LogP contribution < -0.4 is 5.32 Å². The van der Waals surface area contributed by atoms with E-state index in [1.54, 1.807) is 10.7 Å². The molecule has 1 saturated carbocycles. The molecular weight excluding hydrogens is 236 g/mol. The Hall–Kier alpha value is -1.29. The highest BCUT2D eigenvalue weighted by Gasteiger charge is 2.23. The van der Waals surface area contributed by atoms with E-state index in [2.05, 4.69) is 15.4 Å². The Labute approximate surface area is 105 Å². The molecule has 5 heteroatoms. The third-order valence-corrected chi connectivity index (χ3v) is 3.80. The summed E-state index contributed by atoms with van der Waals surface area (Å²) in [6, 6.07) is 4.17. The van der Waals surface area contributed by atoms with Crippen molar-refractivity contribution in [2.45, 2.75) is 37.1 Å². The minimum absolute atomic E-state index is 0.215. The molecule has 0 spiro atoms. The van der Waals surface area contributed by atoms with Crippen LogP contribution in [0.3, 0.4) is 0 Å². The molecule has 1 aliphatic rings. The third-order valence-electron chi connectivity index (χ3n) is 3.27. The van der Waals surface area contributed by atoms with Gasteiger partial charge in [0.05, 0.1) is 11.6 Å². The monoisotopic (exact) mass is 250 g/mol. The van der Waals surface area contributed by atoms with Gasteiger partial charge in [0.15, 0.2) is 5.65 Å². The van der Waals surface area contributed by atoms with Gasteiger partial charge in [0.1, 0.15) is 5.82 Å². The highest BCUT2D eigenvalue weighted by atomic mass is 35.5. The Kier molecular flexibility index (Phi) is 2.89. The molecule has 2 aromatic rings. The van der Waals surface area contributed by atoms with Crippen molar-refractivity contribution < 1.29 is 0 Å². The van der Waals surface area contributed by atoms with Gasteiger partial charge in [0, 0.05) is 18.3 Å². The van der Waals surface area contributed by atoms with Crippen LogP contribution in [0.15, 0.2) is 24.5 Å². The zero-order chi connectivity index (χ0) is 11.7. The molecule has 0 aromatic carbocycles. The summed E-state index contributed by atoms with van der Waals surface area (Å²) in [6.45, 7) is 0. The van der Waals surface area contributed by atoms with Gasteiger partial charge in [-0.3, -0.25) is 0 Å². The zero-order valence-corrected chi connectivity index (χ0v) is 10.3. The van der Waals surface area contributed by atoms with Gasteiger partial charge in [-0.25, -0.2) is 9.50 Å². The van der Waals surface area contributed by atoms with E-state index in [9.17, 15) is 0 Å². The van der Waals surface area contributed by atoms with Crippen molar-refractivity contribution in [1.82, 2.24) is 14.6 Å². The summed E-state index contributed by atoms with van der Waals surface area (Å²) >= 11 is 6.32. The van der Waals surface area contributed by atoms with E-state index >= 15 is 0 Å². The summed E-state index contributed by atoms with van der Waals surface area (Å²) in [5.74, 6) is 0.885. The number of fused-ring (bicyclic) bond motifs is 1. The van der Waals surface area contributed by atoms with Crippen LogP contribution in [-0.4, -0.2) is 26.0 Å². The van der Waals surface area contributed by atoms with Gasteiger partial charge in [-0.15, -0.1) is 11.6 Å². The van der Waals surface area contributed by atoms with Crippen LogP contribution in [0.25, 0.3) is 5.65 Å². The molecule has 4 nitrogen and oxygen atoms in total. The van der Waals surface area contributed by atoms with Crippen molar-refractivity contribution in [3.63, 3.8) is 0 Å². The van der Waals surface area contributed by atoms with Crippen molar-refractivity contribution in [3.8, 4) is 0 Å². The Morgan fingerprint density at radius 3 is 3.06 bits per heavy atom. The lowest BCUT2D eigenvalue weighted by atomic mass is 9.95. The Balaban J connectivity index is 1.79. The summed E-state index contributed by atoms with van der Waals surface area (Å²) in [4.78, 5) is 4.49. The van der Waals surface area contributed by atoms with Gasteiger partial charge in [0.2, 0.25) is 0 Å². The molecule has 90 valence electrons. The third kappa shape index (κ3) is 2.22. The van der Waals surface area contributed by atoms with Gasteiger partial charge < -0.3 is 5.32 Å². The van der Waals surface area contributed by atoms with Crippen LogP contribution >= 0.6 is 11.6 Å². The molecule has 3 rings (SSSR count). The van der Waals surface area contributed by atoms with Crippen molar-refractivity contribution in [2.75, 3.05) is 5.32 Å². The summed E-state index contributed by atoms with van der Waals surface area (Å²) in [7, 11) is 0. The zero-order valence-electron chi connectivity index (χ0n) is 9.51. The lowest BCUT2D eigenvalue weighted by Gasteiger charge is -2.28. The van der Waals surface area contributed by atoms with E-state index in [0.717, 1.165) is 24.3 Å². The van der Waals surface area contributed by atoms with Gasteiger partial charge in [-0.2, -0.15) is 5.10 Å². The number of hydrogen-bond acceptors (Lipinski definition) is 3. The maximum absolute atomic E-state index is 6.32. The van der Waals surface area contributed by atoms with Gasteiger partial charge in [0.25, 0.3) is 0 Å². The topological polar surface area (TPSA) is 42.2 Å². The Morgan fingerprint density at radius 2 is 2.18 bits per heavy atom. The normalized spacial score (nSPS) is 25.0. The fourth-order valence-electron chi connectivity index (χ4n) is 2.33. The molecule has 1 fully saturated rings. The molecule has 0 radical (unpaired) electrons. The van der Waals surface area contributed by atoms with E-state index < -0.39 is 0 Å². The molecule has 17 heavy (non-hydrogen) atoms. The first-order valence-corrected chi connectivity index (χ1v) is 6.47. The number of rotatable bonds is 2. The first-order valence-electron chi connectivity index (χ1n) is 6.04. The number of hydrogen-bond donors (Lipinski definition) is 1. The van der Waals surface area contributed by atoms with E-state index in [-0.39, 0.29) is 5.38 Å². The summed E-state index contributed by atoms with van der Waals surface area (Å²) in [5, 5.41) is 7.76. The fraction of sp³-hybridized carbons (Fsp3) is 0.500. The molecule has 0 aliphatic heterocycles. The second kappa shape index (κ2) is 4.53. The van der Waals surface area contributed by atoms with E-state index in [4.69, 9.17) is 11.6 Å². The average Bonchev–Trinajstić information content (AvgIpc) is 2.79. The summed E-state index contributed by atoms with van der Waals surface area (Å²) < 4.78 is 1.75. The van der Waals surface area contributed by atoms with Crippen molar-refractivity contribution >= 4 is 23.1 Å². The second-order valence-corrected chi connectivity index (χ2v) is 5.06. The molecular formula is C12H15ClN4. The quantitative estimate of drug-likeness (QED) is 0.834. The molecule has 2 atom stereocenters.